The molecular weight excluding hydrogens is 202 g/mol. The van der Waals surface area contributed by atoms with Crippen LogP contribution in [0.1, 0.15) is 32.0 Å². The summed E-state index contributed by atoms with van der Waals surface area (Å²) in [6.07, 6.45) is 2.89. The summed E-state index contributed by atoms with van der Waals surface area (Å²) in [5.74, 6) is 1.28. The molecule has 0 atom stereocenters. The molecule has 1 heterocycles. The number of allylic oxidation sites excluding steroid dienone is 1. The highest BCUT2D eigenvalue weighted by atomic mass is 35.5. The Labute approximate surface area is 88.3 Å². The second-order valence-electron chi connectivity index (χ2n) is 2.94. The minimum Gasteiger partial charge on any atom is -0.388 e. The van der Waals surface area contributed by atoms with E-state index in [1.807, 2.05) is 6.92 Å². The summed E-state index contributed by atoms with van der Waals surface area (Å²) in [4.78, 5) is 4.05. The summed E-state index contributed by atoms with van der Waals surface area (Å²) < 4.78 is 4.94. The van der Waals surface area contributed by atoms with E-state index < -0.39 is 0 Å². The Balaban J connectivity index is 2.56. The zero-order valence-corrected chi connectivity index (χ0v) is 9.14. The molecule has 1 aromatic rings. The van der Waals surface area contributed by atoms with Gasteiger partial charge in [0.15, 0.2) is 5.82 Å². The molecular formula is C9H14ClN3O. The highest BCUT2D eigenvalue weighted by Gasteiger charge is 2.01. The van der Waals surface area contributed by atoms with E-state index in [-0.39, 0.29) is 5.88 Å². The molecule has 0 aliphatic carbocycles. The topological polar surface area (TPSA) is 51.0 Å². The first-order valence-corrected chi connectivity index (χ1v) is 5.10. The number of rotatable bonds is 5. The van der Waals surface area contributed by atoms with Gasteiger partial charge in [0, 0.05) is 18.3 Å². The third-order valence-electron chi connectivity index (χ3n) is 1.60. The lowest BCUT2D eigenvalue weighted by atomic mass is 10.4. The molecule has 0 bridgehead atoms. The minimum atomic E-state index is 0.277. The van der Waals surface area contributed by atoms with E-state index in [0.29, 0.717) is 11.7 Å². The largest absolute Gasteiger partial charge is 0.388 e. The van der Waals surface area contributed by atoms with Crippen molar-refractivity contribution in [1.29, 1.82) is 0 Å². The SMILES string of the molecule is CCCNC(C)=Cc1nc(CCl)no1. The molecule has 0 amide bonds. The zero-order chi connectivity index (χ0) is 10.4. The van der Waals surface area contributed by atoms with Crippen molar-refractivity contribution in [2.45, 2.75) is 26.1 Å². The van der Waals surface area contributed by atoms with Gasteiger partial charge >= 0.3 is 0 Å². The fourth-order valence-corrected chi connectivity index (χ4v) is 1.05. The van der Waals surface area contributed by atoms with Gasteiger partial charge < -0.3 is 9.84 Å². The number of nitrogens with zero attached hydrogens (tertiary/aromatic N) is 2. The van der Waals surface area contributed by atoms with Gasteiger partial charge in [0.2, 0.25) is 0 Å². The van der Waals surface area contributed by atoms with Crippen LogP contribution in [-0.4, -0.2) is 16.7 Å². The van der Waals surface area contributed by atoms with Crippen molar-refractivity contribution in [3.8, 4) is 0 Å². The maximum Gasteiger partial charge on any atom is 0.252 e. The molecule has 0 aliphatic heterocycles. The molecule has 1 N–H and O–H groups in total. The molecule has 1 rings (SSSR count). The van der Waals surface area contributed by atoms with E-state index in [9.17, 15) is 0 Å². The van der Waals surface area contributed by atoms with E-state index in [4.69, 9.17) is 16.1 Å². The quantitative estimate of drug-likeness (QED) is 0.765. The molecule has 78 valence electrons. The fourth-order valence-electron chi connectivity index (χ4n) is 0.939. The minimum absolute atomic E-state index is 0.277. The molecule has 0 saturated carbocycles. The molecule has 0 fully saturated rings. The highest BCUT2D eigenvalue weighted by molar-refractivity contribution is 6.16. The van der Waals surface area contributed by atoms with Crippen LogP contribution in [0, 0.1) is 0 Å². The summed E-state index contributed by atoms with van der Waals surface area (Å²) >= 11 is 5.54. The molecule has 0 aromatic carbocycles. The third-order valence-corrected chi connectivity index (χ3v) is 1.84. The van der Waals surface area contributed by atoms with Crippen LogP contribution in [0.25, 0.3) is 6.08 Å². The molecule has 5 heteroatoms. The van der Waals surface area contributed by atoms with Gasteiger partial charge in [-0.25, -0.2) is 0 Å². The Bertz CT molecular complexity index is 309. The first-order chi connectivity index (χ1) is 6.76. The van der Waals surface area contributed by atoms with Crippen molar-refractivity contribution in [3.05, 3.63) is 17.4 Å². The summed E-state index contributed by atoms with van der Waals surface area (Å²) in [6, 6.07) is 0. The van der Waals surface area contributed by atoms with Crippen LogP contribution in [0.15, 0.2) is 10.2 Å². The van der Waals surface area contributed by atoms with E-state index in [1.54, 1.807) is 6.08 Å². The van der Waals surface area contributed by atoms with Gasteiger partial charge in [0.25, 0.3) is 5.89 Å². The monoisotopic (exact) mass is 215 g/mol. The summed E-state index contributed by atoms with van der Waals surface area (Å²) in [5, 5.41) is 6.89. The summed E-state index contributed by atoms with van der Waals surface area (Å²) in [6.45, 7) is 5.01. The first kappa shape index (κ1) is 11.0. The predicted octanol–water partition coefficient (Wildman–Crippen LogP) is 2.17. The lowest BCUT2D eigenvalue weighted by Gasteiger charge is -2.01. The van der Waals surface area contributed by atoms with Crippen molar-refractivity contribution >= 4 is 17.7 Å². The predicted molar refractivity (Wildman–Crippen MR) is 55.8 cm³/mol. The average molecular weight is 216 g/mol. The Morgan fingerprint density at radius 3 is 3.00 bits per heavy atom. The van der Waals surface area contributed by atoms with Crippen LogP contribution in [-0.2, 0) is 5.88 Å². The number of aromatic nitrogens is 2. The lowest BCUT2D eigenvalue weighted by Crippen LogP contribution is -2.11. The summed E-state index contributed by atoms with van der Waals surface area (Å²) in [7, 11) is 0. The first-order valence-electron chi connectivity index (χ1n) is 4.57. The van der Waals surface area contributed by atoms with Crippen LogP contribution in [0.3, 0.4) is 0 Å². The van der Waals surface area contributed by atoms with Crippen molar-refractivity contribution < 1.29 is 4.52 Å². The molecule has 0 radical (unpaired) electrons. The molecule has 0 unspecified atom stereocenters. The molecule has 0 saturated heterocycles. The number of alkyl halides is 1. The van der Waals surface area contributed by atoms with E-state index in [2.05, 4.69) is 22.4 Å². The van der Waals surface area contributed by atoms with Crippen LogP contribution in [0.4, 0.5) is 0 Å². The number of nitrogens with one attached hydrogen (secondary N) is 1. The zero-order valence-electron chi connectivity index (χ0n) is 8.38. The standard InChI is InChI=1S/C9H14ClN3O/c1-3-4-11-7(2)5-9-12-8(6-10)13-14-9/h5,11H,3-4,6H2,1-2H3. The van der Waals surface area contributed by atoms with Crippen molar-refractivity contribution in [2.24, 2.45) is 0 Å². The molecule has 1 aromatic heterocycles. The van der Waals surface area contributed by atoms with E-state index in [0.717, 1.165) is 18.7 Å². The van der Waals surface area contributed by atoms with Crippen LogP contribution >= 0.6 is 11.6 Å². The van der Waals surface area contributed by atoms with Gasteiger partial charge in [-0.1, -0.05) is 12.1 Å². The smallest absolute Gasteiger partial charge is 0.252 e. The molecule has 0 spiro atoms. The summed E-state index contributed by atoms with van der Waals surface area (Å²) in [5.41, 5.74) is 1.01. The van der Waals surface area contributed by atoms with Crippen molar-refractivity contribution in [2.75, 3.05) is 6.54 Å². The maximum atomic E-state index is 5.54. The van der Waals surface area contributed by atoms with Gasteiger partial charge in [-0.2, -0.15) is 4.98 Å². The fraction of sp³-hybridized carbons (Fsp3) is 0.556. The second kappa shape index (κ2) is 5.65. The van der Waals surface area contributed by atoms with E-state index >= 15 is 0 Å². The highest BCUT2D eigenvalue weighted by Crippen LogP contribution is 2.04. The Kier molecular flexibility index (Phi) is 4.46. The Morgan fingerprint density at radius 2 is 2.43 bits per heavy atom. The molecule has 14 heavy (non-hydrogen) atoms. The molecule has 4 nitrogen and oxygen atoms in total. The van der Waals surface area contributed by atoms with Gasteiger partial charge in [0.1, 0.15) is 0 Å². The van der Waals surface area contributed by atoms with Crippen LogP contribution in [0.2, 0.25) is 0 Å². The number of hydrogen-bond donors (Lipinski definition) is 1. The van der Waals surface area contributed by atoms with Crippen molar-refractivity contribution in [1.82, 2.24) is 15.5 Å². The van der Waals surface area contributed by atoms with Gasteiger partial charge in [-0.15, -0.1) is 11.6 Å². The Morgan fingerprint density at radius 1 is 1.64 bits per heavy atom. The maximum absolute atomic E-state index is 5.54. The third kappa shape index (κ3) is 3.38. The van der Waals surface area contributed by atoms with Crippen LogP contribution < -0.4 is 5.32 Å². The van der Waals surface area contributed by atoms with E-state index in [1.165, 1.54) is 0 Å². The average Bonchev–Trinajstić information content (AvgIpc) is 2.62. The van der Waals surface area contributed by atoms with Gasteiger partial charge in [-0.3, -0.25) is 0 Å². The lowest BCUT2D eigenvalue weighted by molar-refractivity contribution is 0.404. The molecule has 0 aliphatic rings. The van der Waals surface area contributed by atoms with Gasteiger partial charge in [-0.05, 0) is 13.3 Å². The second-order valence-corrected chi connectivity index (χ2v) is 3.20. The normalized spacial score (nSPS) is 11.8. The number of halogens is 1. The van der Waals surface area contributed by atoms with Crippen LogP contribution in [0.5, 0.6) is 0 Å². The Hall–Kier alpha value is -1.03. The van der Waals surface area contributed by atoms with Gasteiger partial charge in [0.05, 0.1) is 5.88 Å². The number of hydrogen-bond acceptors (Lipinski definition) is 4. The van der Waals surface area contributed by atoms with Crippen molar-refractivity contribution in [3.63, 3.8) is 0 Å².